The lowest BCUT2D eigenvalue weighted by molar-refractivity contribution is -0.134. The van der Waals surface area contributed by atoms with E-state index in [1.165, 1.54) is 0 Å². The van der Waals surface area contributed by atoms with Crippen LogP contribution in [0, 0.1) is 17.8 Å². The molecule has 0 bridgehead atoms. The van der Waals surface area contributed by atoms with Crippen molar-refractivity contribution in [2.24, 2.45) is 5.41 Å². The molecule has 0 aromatic carbocycles. The van der Waals surface area contributed by atoms with Crippen LogP contribution in [-0.2, 0) is 9.53 Å². The van der Waals surface area contributed by atoms with Gasteiger partial charge in [-0.2, -0.15) is 0 Å². The molecular formula is C11H18O2. The molecule has 0 saturated carbocycles. The van der Waals surface area contributed by atoms with Crippen LogP contribution in [0.1, 0.15) is 33.6 Å². The number of hydrogen-bond donors (Lipinski definition) is 0. The minimum absolute atomic E-state index is 0.0907. The van der Waals surface area contributed by atoms with Gasteiger partial charge in [-0.05, 0) is 5.41 Å². The number of hydrogen-bond acceptors (Lipinski definition) is 2. The summed E-state index contributed by atoms with van der Waals surface area (Å²) in [5.41, 5.74) is -0.152. The quantitative estimate of drug-likeness (QED) is 0.622. The van der Waals surface area contributed by atoms with E-state index in [-0.39, 0.29) is 17.3 Å². The van der Waals surface area contributed by atoms with E-state index in [1.807, 2.05) is 20.8 Å². The van der Waals surface area contributed by atoms with Crippen LogP contribution >= 0.6 is 0 Å². The Labute approximate surface area is 80.7 Å². The molecule has 0 aliphatic heterocycles. The van der Waals surface area contributed by atoms with Gasteiger partial charge >= 0.3 is 0 Å². The van der Waals surface area contributed by atoms with Gasteiger partial charge in [-0.3, -0.25) is 4.79 Å². The minimum Gasteiger partial charge on any atom is -0.373 e. The predicted octanol–water partition coefficient (Wildman–Crippen LogP) is 2.03. The maximum atomic E-state index is 11.6. The summed E-state index contributed by atoms with van der Waals surface area (Å²) in [5.74, 6) is 2.54. The average Bonchev–Trinajstić information content (AvgIpc) is 1.99. The van der Waals surface area contributed by atoms with Crippen LogP contribution < -0.4 is 0 Å². The molecule has 0 amide bonds. The zero-order valence-electron chi connectivity index (χ0n) is 8.89. The molecule has 13 heavy (non-hydrogen) atoms. The first-order valence-electron chi connectivity index (χ1n) is 4.42. The molecule has 0 radical (unpaired) electrons. The number of Topliss-reactive ketones (excluding diaryl/α,β-unsaturated/α-hetero) is 1. The fourth-order valence-electron chi connectivity index (χ4n) is 1.29. The third-order valence-corrected chi connectivity index (χ3v) is 1.83. The van der Waals surface area contributed by atoms with Gasteiger partial charge in [0.15, 0.2) is 5.78 Å². The summed E-state index contributed by atoms with van der Waals surface area (Å²) in [7, 11) is 1.56. The van der Waals surface area contributed by atoms with Gasteiger partial charge < -0.3 is 4.74 Å². The number of ether oxygens (including phenoxy) is 1. The Hall–Kier alpha value is -0.810. The fraction of sp³-hybridized carbons (Fsp3) is 0.727. The second kappa shape index (κ2) is 5.04. The number of carbonyl (C=O) groups is 1. The number of methoxy groups -OCH3 is 1. The maximum Gasteiger partial charge on any atom is 0.163 e. The van der Waals surface area contributed by atoms with E-state index in [9.17, 15) is 4.79 Å². The van der Waals surface area contributed by atoms with Crippen molar-refractivity contribution in [3.63, 3.8) is 0 Å². The van der Waals surface area contributed by atoms with Crippen molar-refractivity contribution in [3.8, 4) is 12.3 Å². The van der Waals surface area contributed by atoms with Crippen molar-refractivity contribution >= 4 is 5.78 Å². The molecule has 1 unspecified atom stereocenters. The highest BCUT2D eigenvalue weighted by atomic mass is 16.5. The lowest BCUT2D eigenvalue weighted by Gasteiger charge is -2.27. The molecule has 2 nitrogen and oxygen atoms in total. The zero-order valence-corrected chi connectivity index (χ0v) is 8.89. The van der Waals surface area contributed by atoms with Crippen LogP contribution in [0.4, 0.5) is 0 Å². The van der Waals surface area contributed by atoms with Gasteiger partial charge in [-0.15, -0.1) is 12.3 Å². The van der Waals surface area contributed by atoms with E-state index in [4.69, 9.17) is 11.2 Å². The smallest absolute Gasteiger partial charge is 0.163 e. The van der Waals surface area contributed by atoms with Crippen molar-refractivity contribution in [2.45, 2.75) is 39.7 Å². The molecule has 0 aliphatic carbocycles. The molecule has 2 heteroatoms. The van der Waals surface area contributed by atoms with Crippen LogP contribution in [0.5, 0.6) is 0 Å². The van der Waals surface area contributed by atoms with E-state index in [1.54, 1.807) is 7.11 Å². The first-order chi connectivity index (χ1) is 5.93. The van der Waals surface area contributed by atoms with Crippen LogP contribution in [0.25, 0.3) is 0 Å². The Morgan fingerprint density at radius 2 is 2.08 bits per heavy atom. The zero-order chi connectivity index (χ0) is 10.5. The second-order valence-electron chi connectivity index (χ2n) is 4.15. The van der Waals surface area contributed by atoms with E-state index in [0.29, 0.717) is 12.8 Å². The van der Waals surface area contributed by atoms with E-state index >= 15 is 0 Å². The highest BCUT2D eigenvalue weighted by Gasteiger charge is 2.30. The number of terminal acetylenes is 1. The van der Waals surface area contributed by atoms with Gasteiger partial charge in [0, 0.05) is 20.0 Å². The van der Waals surface area contributed by atoms with E-state index in [0.717, 1.165) is 0 Å². The number of ketones is 1. The molecule has 0 heterocycles. The summed E-state index contributed by atoms with van der Waals surface area (Å²) < 4.78 is 5.16. The van der Waals surface area contributed by atoms with Gasteiger partial charge in [0.05, 0.1) is 0 Å². The summed E-state index contributed by atoms with van der Waals surface area (Å²) in [6, 6.07) is 0. The molecule has 74 valence electrons. The molecule has 0 aromatic heterocycles. The molecule has 0 aromatic rings. The normalized spacial score (nSPS) is 13.5. The molecule has 0 fully saturated rings. The Morgan fingerprint density at radius 3 is 2.38 bits per heavy atom. The summed E-state index contributed by atoms with van der Waals surface area (Å²) in [6.07, 6.45) is 5.64. The second-order valence-corrected chi connectivity index (χ2v) is 4.15. The molecule has 0 rings (SSSR count). The summed E-state index contributed by atoms with van der Waals surface area (Å²) in [6.45, 7) is 5.94. The SMILES string of the molecule is C#CCCC(=O)C(OC)C(C)(C)C. The molecular weight excluding hydrogens is 164 g/mol. The van der Waals surface area contributed by atoms with Crippen LogP contribution in [0.15, 0.2) is 0 Å². The van der Waals surface area contributed by atoms with Crippen LogP contribution in [0.2, 0.25) is 0 Å². The third-order valence-electron chi connectivity index (χ3n) is 1.83. The van der Waals surface area contributed by atoms with Crippen molar-refractivity contribution < 1.29 is 9.53 Å². The molecule has 0 spiro atoms. The highest BCUT2D eigenvalue weighted by molar-refractivity contribution is 5.84. The Bertz CT molecular complexity index is 205. The van der Waals surface area contributed by atoms with Gasteiger partial charge in [0.1, 0.15) is 6.10 Å². The van der Waals surface area contributed by atoms with E-state index < -0.39 is 0 Å². The van der Waals surface area contributed by atoms with Gasteiger partial charge in [0.25, 0.3) is 0 Å². The Morgan fingerprint density at radius 1 is 1.54 bits per heavy atom. The molecule has 0 saturated heterocycles. The minimum atomic E-state index is -0.346. The standard InChI is InChI=1S/C11H18O2/c1-6-7-8-9(12)10(13-5)11(2,3)4/h1,10H,7-8H2,2-5H3. The number of carbonyl (C=O) groups excluding carboxylic acids is 1. The van der Waals surface area contributed by atoms with E-state index in [2.05, 4.69) is 5.92 Å². The Kier molecular flexibility index (Phi) is 4.72. The molecule has 0 aliphatic rings. The van der Waals surface area contributed by atoms with Crippen LogP contribution in [-0.4, -0.2) is 19.0 Å². The largest absolute Gasteiger partial charge is 0.373 e. The number of rotatable bonds is 4. The predicted molar refractivity (Wildman–Crippen MR) is 53.3 cm³/mol. The Balaban J connectivity index is 4.26. The van der Waals surface area contributed by atoms with Gasteiger partial charge in [-0.25, -0.2) is 0 Å². The lowest BCUT2D eigenvalue weighted by atomic mass is 9.85. The molecule has 1 atom stereocenters. The summed E-state index contributed by atoms with van der Waals surface area (Å²) in [4.78, 5) is 11.6. The fourth-order valence-corrected chi connectivity index (χ4v) is 1.29. The van der Waals surface area contributed by atoms with Gasteiger partial charge in [0.2, 0.25) is 0 Å². The van der Waals surface area contributed by atoms with Crippen molar-refractivity contribution in [2.75, 3.05) is 7.11 Å². The maximum absolute atomic E-state index is 11.6. The first kappa shape index (κ1) is 12.2. The summed E-state index contributed by atoms with van der Waals surface area (Å²) in [5, 5.41) is 0. The van der Waals surface area contributed by atoms with Crippen molar-refractivity contribution in [1.82, 2.24) is 0 Å². The van der Waals surface area contributed by atoms with Crippen LogP contribution in [0.3, 0.4) is 0 Å². The average molecular weight is 182 g/mol. The topological polar surface area (TPSA) is 26.3 Å². The van der Waals surface area contributed by atoms with Crippen molar-refractivity contribution in [3.05, 3.63) is 0 Å². The monoisotopic (exact) mass is 182 g/mol. The lowest BCUT2D eigenvalue weighted by Crippen LogP contribution is -2.36. The first-order valence-corrected chi connectivity index (χ1v) is 4.42. The highest BCUT2D eigenvalue weighted by Crippen LogP contribution is 2.23. The molecule has 0 N–H and O–H groups in total. The van der Waals surface area contributed by atoms with Gasteiger partial charge in [-0.1, -0.05) is 20.8 Å². The van der Waals surface area contributed by atoms with Crippen molar-refractivity contribution in [1.29, 1.82) is 0 Å². The summed E-state index contributed by atoms with van der Waals surface area (Å²) >= 11 is 0. The third kappa shape index (κ3) is 4.10.